The summed E-state index contributed by atoms with van der Waals surface area (Å²) in [6.07, 6.45) is 7.24. The fourth-order valence-corrected chi connectivity index (χ4v) is 3.87. The Balaban J connectivity index is 1.32. The third-order valence-corrected chi connectivity index (χ3v) is 5.38. The van der Waals surface area contributed by atoms with Gasteiger partial charge in [-0.3, -0.25) is 4.90 Å². The number of ether oxygens (including phenoxy) is 1. The first-order chi connectivity index (χ1) is 11.8. The molecule has 2 unspecified atom stereocenters. The fourth-order valence-electron chi connectivity index (χ4n) is 3.87. The highest BCUT2D eigenvalue weighted by Gasteiger charge is 2.32. The van der Waals surface area contributed by atoms with Crippen LogP contribution in [0.25, 0.3) is 0 Å². The molecule has 0 bridgehead atoms. The standard InChI is InChI=1S/C18H29N5O/c1-14-3-2-6-23(11-14)18-9-17(20-13-21-18)19-10-16-12-22(7-8-24-16)15-4-5-15/h9,13-16H,2-8,10-12H2,1H3,(H,19,20,21). The quantitative estimate of drug-likeness (QED) is 0.890. The van der Waals surface area contributed by atoms with Gasteiger partial charge in [-0.2, -0.15) is 0 Å². The molecular formula is C18H29N5O. The van der Waals surface area contributed by atoms with Crippen molar-refractivity contribution < 1.29 is 4.74 Å². The van der Waals surface area contributed by atoms with E-state index in [4.69, 9.17) is 4.74 Å². The Kier molecular flexibility index (Phi) is 4.85. The molecule has 1 aromatic heterocycles. The van der Waals surface area contributed by atoms with Crippen LogP contribution in [0.2, 0.25) is 0 Å². The number of nitrogens with zero attached hydrogens (tertiary/aromatic N) is 4. The fraction of sp³-hybridized carbons (Fsp3) is 0.778. The van der Waals surface area contributed by atoms with Gasteiger partial charge in [0.05, 0.1) is 12.7 Å². The maximum absolute atomic E-state index is 5.91. The average Bonchev–Trinajstić information content (AvgIpc) is 3.46. The molecule has 132 valence electrons. The van der Waals surface area contributed by atoms with Crippen molar-refractivity contribution in [1.29, 1.82) is 0 Å². The lowest BCUT2D eigenvalue weighted by Gasteiger charge is -2.33. The van der Waals surface area contributed by atoms with Crippen LogP contribution in [-0.2, 0) is 4.74 Å². The second kappa shape index (κ2) is 7.23. The molecule has 2 atom stereocenters. The van der Waals surface area contributed by atoms with E-state index < -0.39 is 0 Å². The van der Waals surface area contributed by atoms with Gasteiger partial charge in [0.15, 0.2) is 0 Å². The first kappa shape index (κ1) is 16.1. The molecule has 4 rings (SSSR count). The molecule has 1 aliphatic carbocycles. The Morgan fingerprint density at radius 3 is 2.96 bits per heavy atom. The summed E-state index contributed by atoms with van der Waals surface area (Å²) < 4.78 is 5.91. The number of nitrogens with one attached hydrogen (secondary N) is 1. The number of morpholine rings is 1. The first-order valence-corrected chi connectivity index (χ1v) is 9.44. The Labute approximate surface area is 144 Å². The lowest BCUT2D eigenvalue weighted by Crippen LogP contribution is -2.46. The van der Waals surface area contributed by atoms with Gasteiger partial charge in [0, 0.05) is 44.8 Å². The van der Waals surface area contributed by atoms with Gasteiger partial charge in [-0.25, -0.2) is 9.97 Å². The highest BCUT2D eigenvalue weighted by atomic mass is 16.5. The number of aromatic nitrogens is 2. The zero-order valence-corrected chi connectivity index (χ0v) is 14.7. The van der Waals surface area contributed by atoms with Crippen LogP contribution in [0.5, 0.6) is 0 Å². The van der Waals surface area contributed by atoms with Gasteiger partial charge < -0.3 is 15.0 Å². The molecular weight excluding hydrogens is 302 g/mol. The molecule has 3 heterocycles. The van der Waals surface area contributed by atoms with Gasteiger partial charge in [0.2, 0.25) is 0 Å². The molecule has 24 heavy (non-hydrogen) atoms. The molecule has 6 heteroatoms. The van der Waals surface area contributed by atoms with Crippen molar-refractivity contribution in [2.24, 2.45) is 5.92 Å². The minimum Gasteiger partial charge on any atom is -0.374 e. The van der Waals surface area contributed by atoms with Gasteiger partial charge in [0.25, 0.3) is 0 Å². The van der Waals surface area contributed by atoms with Crippen LogP contribution in [0.1, 0.15) is 32.6 Å². The molecule has 0 spiro atoms. The van der Waals surface area contributed by atoms with E-state index in [1.165, 1.54) is 25.7 Å². The summed E-state index contributed by atoms with van der Waals surface area (Å²) in [6.45, 7) is 8.31. The van der Waals surface area contributed by atoms with Crippen LogP contribution in [-0.4, -0.2) is 66.3 Å². The maximum atomic E-state index is 5.91. The first-order valence-electron chi connectivity index (χ1n) is 9.44. The van der Waals surface area contributed by atoms with Crippen molar-refractivity contribution in [3.63, 3.8) is 0 Å². The number of piperidine rings is 1. The van der Waals surface area contributed by atoms with Crippen LogP contribution in [0, 0.1) is 5.92 Å². The van der Waals surface area contributed by atoms with E-state index in [0.717, 1.165) is 62.9 Å². The Morgan fingerprint density at radius 1 is 1.21 bits per heavy atom. The lowest BCUT2D eigenvalue weighted by atomic mass is 10.0. The van der Waals surface area contributed by atoms with E-state index >= 15 is 0 Å². The Hall–Kier alpha value is -1.40. The van der Waals surface area contributed by atoms with Gasteiger partial charge in [-0.15, -0.1) is 0 Å². The molecule has 3 aliphatic rings. The minimum atomic E-state index is 0.257. The van der Waals surface area contributed by atoms with E-state index in [1.54, 1.807) is 6.33 Å². The van der Waals surface area contributed by atoms with Crippen LogP contribution < -0.4 is 10.2 Å². The van der Waals surface area contributed by atoms with Gasteiger partial charge in [-0.05, 0) is 31.6 Å². The van der Waals surface area contributed by atoms with Gasteiger partial charge in [0.1, 0.15) is 18.0 Å². The molecule has 0 amide bonds. The highest BCUT2D eigenvalue weighted by molar-refractivity contribution is 5.48. The molecule has 1 aromatic rings. The molecule has 3 fully saturated rings. The third-order valence-electron chi connectivity index (χ3n) is 5.38. The van der Waals surface area contributed by atoms with Crippen molar-refractivity contribution in [2.45, 2.75) is 44.8 Å². The van der Waals surface area contributed by atoms with Crippen molar-refractivity contribution in [1.82, 2.24) is 14.9 Å². The van der Waals surface area contributed by atoms with E-state index in [2.05, 4.69) is 38.1 Å². The molecule has 2 saturated heterocycles. The van der Waals surface area contributed by atoms with E-state index in [1.807, 2.05) is 0 Å². The third kappa shape index (κ3) is 3.98. The molecule has 0 radical (unpaired) electrons. The summed E-state index contributed by atoms with van der Waals surface area (Å²) in [5.41, 5.74) is 0. The van der Waals surface area contributed by atoms with E-state index in [0.29, 0.717) is 0 Å². The highest BCUT2D eigenvalue weighted by Crippen LogP contribution is 2.28. The predicted molar refractivity (Wildman–Crippen MR) is 95.5 cm³/mol. The van der Waals surface area contributed by atoms with E-state index in [-0.39, 0.29) is 6.10 Å². The number of hydrogen-bond acceptors (Lipinski definition) is 6. The minimum absolute atomic E-state index is 0.257. The molecule has 1 saturated carbocycles. The van der Waals surface area contributed by atoms with E-state index in [9.17, 15) is 0 Å². The summed E-state index contributed by atoms with van der Waals surface area (Å²) in [5.74, 6) is 2.70. The molecule has 2 aliphatic heterocycles. The van der Waals surface area contributed by atoms with Crippen LogP contribution in [0.4, 0.5) is 11.6 Å². The largest absolute Gasteiger partial charge is 0.374 e. The second-order valence-electron chi connectivity index (χ2n) is 7.55. The molecule has 1 N–H and O–H groups in total. The number of hydrogen-bond donors (Lipinski definition) is 1. The van der Waals surface area contributed by atoms with Crippen molar-refractivity contribution in [3.05, 3.63) is 12.4 Å². The summed E-state index contributed by atoms with van der Waals surface area (Å²) in [5, 5.41) is 3.46. The summed E-state index contributed by atoms with van der Waals surface area (Å²) in [4.78, 5) is 13.8. The Morgan fingerprint density at radius 2 is 2.12 bits per heavy atom. The zero-order chi connectivity index (χ0) is 16.4. The summed E-state index contributed by atoms with van der Waals surface area (Å²) in [7, 11) is 0. The Bertz CT molecular complexity index is 550. The van der Waals surface area contributed by atoms with Crippen molar-refractivity contribution >= 4 is 11.6 Å². The molecule has 6 nitrogen and oxygen atoms in total. The SMILES string of the molecule is CC1CCCN(c2cc(NCC3CN(C4CC4)CCO3)ncn2)C1. The predicted octanol–water partition coefficient (Wildman–Crippen LogP) is 1.99. The van der Waals surface area contributed by atoms with Crippen molar-refractivity contribution in [3.8, 4) is 0 Å². The van der Waals surface area contributed by atoms with Crippen LogP contribution >= 0.6 is 0 Å². The second-order valence-corrected chi connectivity index (χ2v) is 7.55. The normalized spacial score (nSPS) is 28.8. The zero-order valence-electron chi connectivity index (χ0n) is 14.7. The van der Waals surface area contributed by atoms with Crippen molar-refractivity contribution in [2.75, 3.05) is 49.5 Å². The summed E-state index contributed by atoms with van der Waals surface area (Å²) >= 11 is 0. The maximum Gasteiger partial charge on any atom is 0.134 e. The van der Waals surface area contributed by atoms with Gasteiger partial charge in [-0.1, -0.05) is 6.92 Å². The summed E-state index contributed by atoms with van der Waals surface area (Å²) in [6, 6.07) is 2.91. The number of anilines is 2. The monoisotopic (exact) mass is 331 g/mol. The topological polar surface area (TPSA) is 53.5 Å². The number of rotatable bonds is 5. The lowest BCUT2D eigenvalue weighted by molar-refractivity contribution is -0.0241. The van der Waals surface area contributed by atoms with Crippen LogP contribution in [0.3, 0.4) is 0 Å². The average molecular weight is 331 g/mol. The van der Waals surface area contributed by atoms with Gasteiger partial charge >= 0.3 is 0 Å². The molecule has 0 aromatic carbocycles. The van der Waals surface area contributed by atoms with Crippen LogP contribution in [0.15, 0.2) is 12.4 Å². The smallest absolute Gasteiger partial charge is 0.134 e.